The van der Waals surface area contributed by atoms with E-state index in [1.54, 1.807) is 6.20 Å². The fraction of sp³-hybridized carbons (Fsp3) is 0.476. The van der Waals surface area contributed by atoms with Crippen LogP contribution >= 0.6 is 11.6 Å². The summed E-state index contributed by atoms with van der Waals surface area (Å²) in [4.78, 5) is 13.9. The van der Waals surface area contributed by atoms with Crippen LogP contribution in [0.3, 0.4) is 0 Å². The minimum Gasteiger partial charge on any atom is -0.325 e. The summed E-state index contributed by atoms with van der Waals surface area (Å²) in [6, 6.07) is 3.56. The Hall–Kier alpha value is -2.39. The number of hydrogen-bond acceptors (Lipinski definition) is 5. The molecule has 2 N–H and O–H groups in total. The summed E-state index contributed by atoms with van der Waals surface area (Å²) in [5, 5.41) is 6.41. The van der Waals surface area contributed by atoms with Crippen molar-refractivity contribution in [2.24, 2.45) is 5.92 Å². The number of rotatable bonds is 5. The van der Waals surface area contributed by atoms with E-state index < -0.39 is 11.7 Å². The summed E-state index contributed by atoms with van der Waals surface area (Å²) in [5.74, 6) is 1.89. The SMILES string of the molecule is FC(F)(F)c1cc(Cl)cc(Nc2nc3cnc(CC4CC4)nc3n2C2CCNCC2)c1. The highest BCUT2D eigenvalue weighted by Crippen LogP contribution is 2.36. The van der Waals surface area contributed by atoms with Gasteiger partial charge in [-0.1, -0.05) is 11.6 Å². The Bertz CT molecular complexity index is 1100. The van der Waals surface area contributed by atoms with Crippen molar-refractivity contribution in [2.75, 3.05) is 18.4 Å². The Kier molecular flexibility index (Phi) is 5.26. The number of piperidine rings is 1. The highest BCUT2D eigenvalue weighted by atomic mass is 35.5. The number of benzene rings is 1. The van der Waals surface area contributed by atoms with E-state index in [1.165, 1.54) is 18.9 Å². The maximum absolute atomic E-state index is 13.2. The molecule has 0 amide bonds. The largest absolute Gasteiger partial charge is 0.416 e. The van der Waals surface area contributed by atoms with E-state index in [2.05, 4.69) is 20.6 Å². The van der Waals surface area contributed by atoms with Crippen LogP contribution in [0.25, 0.3) is 11.2 Å². The molecule has 0 spiro atoms. The van der Waals surface area contributed by atoms with E-state index in [4.69, 9.17) is 16.6 Å². The zero-order valence-corrected chi connectivity index (χ0v) is 17.5. The highest BCUT2D eigenvalue weighted by molar-refractivity contribution is 6.31. The normalized spacial score (nSPS) is 17.9. The van der Waals surface area contributed by atoms with Gasteiger partial charge in [0.15, 0.2) is 5.65 Å². The van der Waals surface area contributed by atoms with Crippen molar-refractivity contribution < 1.29 is 13.2 Å². The predicted octanol–water partition coefficient (Wildman–Crippen LogP) is 5.12. The highest BCUT2D eigenvalue weighted by Gasteiger charge is 2.31. The molecule has 1 saturated carbocycles. The summed E-state index contributed by atoms with van der Waals surface area (Å²) in [6.07, 6.45) is 2.24. The van der Waals surface area contributed by atoms with Gasteiger partial charge in [-0.15, -0.1) is 0 Å². The monoisotopic (exact) mass is 450 g/mol. The molecule has 0 bridgehead atoms. The average Bonchev–Trinajstić information content (AvgIpc) is 3.46. The van der Waals surface area contributed by atoms with Crippen molar-refractivity contribution in [3.8, 4) is 0 Å². The second-order valence-electron chi connectivity index (χ2n) is 8.28. The Morgan fingerprint density at radius 1 is 1.10 bits per heavy atom. The van der Waals surface area contributed by atoms with Crippen molar-refractivity contribution in [3.63, 3.8) is 0 Å². The number of halogens is 4. The summed E-state index contributed by atoms with van der Waals surface area (Å²) in [7, 11) is 0. The molecule has 2 aromatic heterocycles. The minimum atomic E-state index is -4.49. The molecule has 0 unspecified atom stereocenters. The van der Waals surface area contributed by atoms with Crippen LogP contribution in [0, 0.1) is 5.92 Å². The van der Waals surface area contributed by atoms with E-state index in [0.717, 1.165) is 56.0 Å². The zero-order chi connectivity index (χ0) is 21.6. The molecule has 1 aliphatic carbocycles. The maximum atomic E-state index is 13.2. The van der Waals surface area contributed by atoms with E-state index in [-0.39, 0.29) is 16.8 Å². The minimum absolute atomic E-state index is 0.00774. The Labute approximate surface area is 182 Å². The molecule has 0 radical (unpaired) electrons. The molecule has 5 rings (SSSR count). The number of anilines is 2. The first-order valence-corrected chi connectivity index (χ1v) is 10.8. The van der Waals surface area contributed by atoms with Gasteiger partial charge < -0.3 is 10.6 Å². The summed E-state index contributed by atoms with van der Waals surface area (Å²) < 4.78 is 41.8. The molecule has 3 heterocycles. The lowest BCUT2D eigenvalue weighted by molar-refractivity contribution is -0.137. The molecule has 31 heavy (non-hydrogen) atoms. The molecule has 10 heteroatoms. The fourth-order valence-corrected chi connectivity index (χ4v) is 4.29. The van der Waals surface area contributed by atoms with Crippen molar-refractivity contribution in [1.29, 1.82) is 0 Å². The maximum Gasteiger partial charge on any atom is 0.416 e. The fourth-order valence-electron chi connectivity index (χ4n) is 4.06. The van der Waals surface area contributed by atoms with Crippen molar-refractivity contribution in [2.45, 2.75) is 44.3 Å². The molecule has 1 aromatic carbocycles. The van der Waals surface area contributed by atoms with Crippen molar-refractivity contribution in [3.05, 3.63) is 40.8 Å². The standard InChI is InChI=1S/C21H22ClF3N6/c22-14-8-13(21(23,24)25)9-15(10-14)28-20-29-17-11-27-18(7-12-1-2-12)30-19(17)31(20)16-3-5-26-6-4-16/h8-12,16,26H,1-7H2,(H,28,29). The van der Waals surface area contributed by atoms with E-state index >= 15 is 0 Å². The van der Waals surface area contributed by atoms with Crippen molar-refractivity contribution in [1.82, 2.24) is 24.8 Å². The van der Waals surface area contributed by atoms with E-state index in [0.29, 0.717) is 17.4 Å². The van der Waals surface area contributed by atoms with Crippen LogP contribution < -0.4 is 10.6 Å². The van der Waals surface area contributed by atoms with Gasteiger partial charge in [0, 0.05) is 23.2 Å². The molecule has 1 saturated heterocycles. The van der Waals surface area contributed by atoms with Crippen LogP contribution in [0.15, 0.2) is 24.4 Å². The number of aromatic nitrogens is 4. The lowest BCUT2D eigenvalue weighted by atomic mass is 10.1. The van der Waals surface area contributed by atoms with Crippen LogP contribution in [0.5, 0.6) is 0 Å². The molecule has 0 atom stereocenters. The lowest BCUT2D eigenvalue weighted by Gasteiger charge is -2.26. The number of nitrogens with one attached hydrogen (secondary N) is 2. The number of imidazole rings is 1. The quantitative estimate of drug-likeness (QED) is 0.564. The van der Waals surface area contributed by atoms with Crippen LogP contribution in [0.4, 0.5) is 24.8 Å². The number of fused-ring (bicyclic) bond motifs is 1. The zero-order valence-electron chi connectivity index (χ0n) is 16.7. The molecule has 6 nitrogen and oxygen atoms in total. The first-order chi connectivity index (χ1) is 14.9. The summed E-state index contributed by atoms with van der Waals surface area (Å²) in [6.45, 7) is 1.72. The van der Waals surface area contributed by atoms with Crippen LogP contribution in [0.2, 0.25) is 5.02 Å². The molecule has 164 valence electrons. The van der Waals surface area contributed by atoms with E-state index in [1.807, 2.05) is 4.57 Å². The second kappa shape index (κ2) is 7.94. The molecular formula is C21H22ClF3N6. The van der Waals surface area contributed by atoms with Gasteiger partial charge in [0.05, 0.1) is 11.8 Å². The molecule has 3 aromatic rings. The van der Waals surface area contributed by atoms with Gasteiger partial charge in [-0.25, -0.2) is 15.0 Å². The molecule has 2 fully saturated rings. The summed E-state index contributed by atoms with van der Waals surface area (Å²) in [5.41, 5.74) is 0.770. The van der Waals surface area contributed by atoms with Crippen LogP contribution in [0.1, 0.15) is 43.1 Å². The Balaban J connectivity index is 1.56. The topological polar surface area (TPSA) is 67.7 Å². The van der Waals surface area contributed by atoms with Gasteiger partial charge in [0.1, 0.15) is 11.3 Å². The number of hydrogen-bond donors (Lipinski definition) is 2. The Morgan fingerprint density at radius 2 is 1.87 bits per heavy atom. The lowest BCUT2D eigenvalue weighted by Crippen LogP contribution is -2.30. The van der Waals surface area contributed by atoms with Crippen LogP contribution in [-0.4, -0.2) is 32.6 Å². The first kappa shape index (κ1) is 20.5. The molecule has 2 aliphatic rings. The van der Waals surface area contributed by atoms with Gasteiger partial charge in [-0.2, -0.15) is 13.2 Å². The third kappa shape index (κ3) is 4.48. The third-order valence-corrected chi connectivity index (χ3v) is 6.02. The predicted molar refractivity (Wildman–Crippen MR) is 113 cm³/mol. The van der Waals surface area contributed by atoms with Gasteiger partial charge in [0.2, 0.25) is 5.95 Å². The van der Waals surface area contributed by atoms with Crippen molar-refractivity contribution >= 4 is 34.4 Å². The average molecular weight is 451 g/mol. The van der Waals surface area contributed by atoms with Gasteiger partial charge in [-0.05, 0) is 62.9 Å². The van der Waals surface area contributed by atoms with Gasteiger partial charge in [0.25, 0.3) is 0 Å². The molecular weight excluding hydrogens is 429 g/mol. The van der Waals surface area contributed by atoms with E-state index in [9.17, 15) is 13.2 Å². The van der Waals surface area contributed by atoms with Crippen LogP contribution in [-0.2, 0) is 12.6 Å². The number of nitrogens with zero attached hydrogens (tertiary/aromatic N) is 4. The third-order valence-electron chi connectivity index (χ3n) is 5.81. The van der Waals surface area contributed by atoms with Gasteiger partial charge >= 0.3 is 6.18 Å². The summed E-state index contributed by atoms with van der Waals surface area (Å²) >= 11 is 5.97. The number of alkyl halides is 3. The smallest absolute Gasteiger partial charge is 0.325 e. The van der Waals surface area contributed by atoms with Gasteiger partial charge in [-0.3, -0.25) is 4.57 Å². The molecule has 1 aliphatic heterocycles. The Morgan fingerprint density at radius 3 is 2.58 bits per heavy atom. The second-order valence-corrected chi connectivity index (χ2v) is 8.72. The first-order valence-electron chi connectivity index (χ1n) is 10.5.